The number of oxazole rings is 1. The van der Waals surface area contributed by atoms with E-state index in [-0.39, 0.29) is 18.4 Å². The summed E-state index contributed by atoms with van der Waals surface area (Å²) in [6.07, 6.45) is 2.29. The minimum Gasteiger partial charge on any atom is -0.489 e. The molecule has 27 heavy (non-hydrogen) atoms. The average Bonchev–Trinajstić information content (AvgIpc) is 3.10. The van der Waals surface area contributed by atoms with Crippen LogP contribution in [0.25, 0.3) is 11.3 Å². The summed E-state index contributed by atoms with van der Waals surface area (Å²) >= 11 is 6.17. The normalized spacial score (nSPS) is 10.8. The molecular weight excluding hydrogens is 364 g/mol. The molecule has 1 N–H and O–H groups in total. The maximum Gasteiger partial charge on any atom is 0.224 e. The van der Waals surface area contributed by atoms with E-state index in [1.54, 1.807) is 12.3 Å². The van der Waals surface area contributed by atoms with E-state index in [1.807, 2.05) is 56.3 Å². The SMILES string of the molecule is CC(C)Oc1ccccc1NC(=O)CCc1ncc(-c2ccccc2Cl)o1. The van der Waals surface area contributed by atoms with Gasteiger partial charge in [0.05, 0.1) is 23.0 Å². The van der Waals surface area contributed by atoms with E-state index in [0.29, 0.717) is 34.5 Å². The van der Waals surface area contributed by atoms with E-state index in [0.717, 1.165) is 5.56 Å². The second-order valence-corrected chi connectivity index (χ2v) is 6.72. The van der Waals surface area contributed by atoms with Crippen LogP contribution in [0.2, 0.25) is 5.02 Å². The van der Waals surface area contributed by atoms with Gasteiger partial charge in [0.25, 0.3) is 0 Å². The van der Waals surface area contributed by atoms with Crippen LogP contribution in [0.5, 0.6) is 5.75 Å². The van der Waals surface area contributed by atoms with Gasteiger partial charge in [0.2, 0.25) is 5.91 Å². The summed E-state index contributed by atoms with van der Waals surface area (Å²) in [5.41, 5.74) is 1.43. The van der Waals surface area contributed by atoms with Gasteiger partial charge in [-0.3, -0.25) is 4.79 Å². The average molecular weight is 385 g/mol. The number of carbonyl (C=O) groups excluding carboxylic acids is 1. The van der Waals surface area contributed by atoms with E-state index in [1.165, 1.54) is 0 Å². The first-order valence-electron chi connectivity index (χ1n) is 8.78. The summed E-state index contributed by atoms with van der Waals surface area (Å²) in [5.74, 6) is 1.60. The summed E-state index contributed by atoms with van der Waals surface area (Å²) < 4.78 is 11.4. The van der Waals surface area contributed by atoms with Crippen LogP contribution in [0.3, 0.4) is 0 Å². The predicted molar refractivity (Wildman–Crippen MR) is 106 cm³/mol. The summed E-state index contributed by atoms with van der Waals surface area (Å²) in [6, 6.07) is 14.8. The molecule has 3 rings (SSSR count). The zero-order chi connectivity index (χ0) is 19.2. The molecule has 3 aromatic rings. The Labute approximate surface area is 163 Å². The van der Waals surface area contributed by atoms with Crippen molar-refractivity contribution < 1.29 is 13.9 Å². The molecule has 1 amide bonds. The first-order chi connectivity index (χ1) is 13.0. The third-order valence-electron chi connectivity index (χ3n) is 3.78. The van der Waals surface area contributed by atoms with Crippen LogP contribution in [0, 0.1) is 0 Å². The van der Waals surface area contributed by atoms with Crippen molar-refractivity contribution in [3.05, 3.63) is 65.6 Å². The van der Waals surface area contributed by atoms with Gasteiger partial charge in [0, 0.05) is 18.4 Å². The fourth-order valence-electron chi connectivity index (χ4n) is 2.57. The summed E-state index contributed by atoms with van der Waals surface area (Å²) in [7, 11) is 0. The molecule has 0 radical (unpaired) electrons. The molecule has 0 atom stereocenters. The smallest absolute Gasteiger partial charge is 0.224 e. The molecule has 0 aliphatic carbocycles. The summed E-state index contributed by atoms with van der Waals surface area (Å²) in [6.45, 7) is 3.88. The number of anilines is 1. The molecule has 0 spiro atoms. The van der Waals surface area contributed by atoms with Crippen LogP contribution in [-0.4, -0.2) is 17.0 Å². The Hall–Kier alpha value is -2.79. The molecule has 2 aromatic carbocycles. The van der Waals surface area contributed by atoms with E-state index in [9.17, 15) is 4.79 Å². The van der Waals surface area contributed by atoms with E-state index < -0.39 is 0 Å². The van der Waals surface area contributed by atoms with Crippen LogP contribution in [0.1, 0.15) is 26.2 Å². The molecule has 1 heterocycles. The van der Waals surface area contributed by atoms with Crippen molar-refractivity contribution in [3.63, 3.8) is 0 Å². The van der Waals surface area contributed by atoms with Crippen LogP contribution in [0.15, 0.2) is 59.1 Å². The molecule has 0 saturated carbocycles. The lowest BCUT2D eigenvalue weighted by molar-refractivity contribution is -0.116. The number of para-hydroxylation sites is 2. The molecule has 1 aromatic heterocycles. The van der Waals surface area contributed by atoms with Crippen LogP contribution < -0.4 is 10.1 Å². The second-order valence-electron chi connectivity index (χ2n) is 6.31. The number of rotatable bonds is 7. The standard InChI is InChI=1S/C21H21ClN2O3/c1-14(2)26-18-10-6-5-9-17(18)24-20(25)11-12-21-23-13-19(27-21)15-7-3-4-8-16(15)22/h3-10,13-14H,11-12H2,1-2H3,(H,24,25). The zero-order valence-corrected chi connectivity index (χ0v) is 16.0. The molecule has 140 valence electrons. The number of benzene rings is 2. The number of aromatic nitrogens is 1. The van der Waals surface area contributed by atoms with Gasteiger partial charge in [0.1, 0.15) is 5.75 Å². The molecule has 0 aliphatic rings. The van der Waals surface area contributed by atoms with Crippen molar-refractivity contribution >= 4 is 23.2 Å². The Morgan fingerprint density at radius 3 is 2.70 bits per heavy atom. The predicted octanol–water partition coefficient (Wildman–Crippen LogP) is 5.35. The Bertz CT molecular complexity index is 921. The summed E-state index contributed by atoms with van der Waals surface area (Å²) in [4.78, 5) is 16.5. The van der Waals surface area contributed by atoms with Gasteiger partial charge in [0.15, 0.2) is 11.7 Å². The topological polar surface area (TPSA) is 64.4 Å². The number of carbonyl (C=O) groups is 1. The molecule has 0 unspecified atom stereocenters. The van der Waals surface area contributed by atoms with Crippen LogP contribution in [0.4, 0.5) is 5.69 Å². The fourth-order valence-corrected chi connectivity index (χ4v) is 2.80. The third-order valence-corrected chi connectivity index (χ3v) is 4.11. The number of halogens is 1. The van der Waals surface area contributed by atoms with Crippen molar-refractivity contribution in [1.82, 2.24) is 4.98 Å². The zero-order valence-electron chi connectivity index (χ0n) is 15.2. The van der Waals surface area contributed by atoms with Crippen molar-refractivity contribution in [3.8, 4) is 17.1 Å². The molecule has 6 heteroatoms. The van der Waals surface area contributed by atoms with Gasteiger partial charge >= 0.3 is 0 Å². The van der Waals surface area contributed by atoms with Crippen molar-refractivity contribution in [2.24, 2.45) is 0 Å². The minimum absolute atomic E-state index is 0.0265. The number of nitrogens with one attached hydrogen (secondary N) is 1. The van der Waals surface area contributed by atoms with Crippen molar-refractivity contribution in [2.75, 3.05) is 5.32 Å². The number of aryl methyl sites for hydroxylation is 1. The highest BCUT2D eigenvalue weighted by Crippen LogP contribution is 2.28. The highest BCUT2D eigenvalue weighted by atomic mass is 35.5. The summed E-state index contributed by atoms with van der Waals surface area (Å²) in [5, 5.41) is 3.48. The lowest BCUT2D eigenvalue weighted by Crippen LogP contribution is -2.14. The van der Waals surface area contributed by atoms with Gasteiger partial charge in [-0.15, -0.1) is 0 Å². The first kappa shape index (κ1) is 19.0. The minimum atomic E-state index is -0.132. The van der Waals surface area contributed by atoms with E-state index in [4.69, 9.17) is 20.8 Å². The first-order valence-corrected chi connectivity index (χ1v) is 9.16. The number of nitrogens with zero attached hydrogens (tertiary/aromatic N) is 1. The maximum absolute atomic E-state index is 12.3. The van der Waals surface area contributed by atoms with Gasteiger partial charge in [-0.05, 0) is 38.1 Å². The fraction of sp³-hybridized carbons (Fsp3) is 0.238. The number of hydrogen-bond acceptors (Lipinski definition) is 4. The van der Waals surface area contributed by atoms with Gasteiger partial charge in [-0.2, -0.15) is 0 Å². The van der Waals surface area contributed by atoms with Crippen LogP contribution >= 0.6 is 11.6 Å². The monoisotopic (exact) mass is 384 g/mol. The Balaban J connectivity index is 1.60. The Morgan fingerprint density at radius 1 is 1.19 bits per heavy atom. The maximum atomic E-state index is 12.3. The molecule has 5 nitrogen and oxygen atoms in total. The lowest BCUT2D eigenvalue weighted by Gasteiger charge is -2.14. The molecular formula is C21H21ClN2O3. The van der Waals surface area contributed by atoms with E-state index in [2.05, 4.69) is 10.3 Å². The number of amides is 1. The van der Waals surface area contributed by atoms with Gasteiger partial charge in [-0.1, -0.05) is 35.9 Å². The quantitative estimate of drug-likeness (QED) is 0.596. The number of ether oxygens (including phenoxy) is 1. The number of hydrogen-bond donors (Lipinski definition) is 1. The van der Waals surface area contributed by atoms with E-state index >= 15 is 0 Å². The third kappa shape index (κ3) is 5.11. The lowest BCUT2D eigenvalue weighted by atomic mass is 10.2. The van der Waals surface area contributed by atoms with Crippen molar-refractivity contribution in [1.29, 1.82) is 0 Å². The van der Waals surface area contributed by atoms with Gasteiger partial charge < -0.3 is 14.5 Å². The second kappa shape index (κ2) is 8.73. The molecule has 0 saturated heterocycles. The molecule has 0 bridgehead atoms. The van der Waals surface area contributed by atoms with Gasteiger partial charge in [-0.25, -0.2) is 4.98 Å². The molecule has 0 aliphatic heterocycles. The highest BCUT2D eigenvalue weighted by molar-refractivity contribution is 6.33. The highest BCUT2D eigenvalue weighted by Gasteiger charge is 2.13. The van der Waals surface area contributed by atoms with Crippen LogP contribution in [-0.2, 0) is 11.2 Å². The Morgan fingerprint density at radius 2 is 1.93 bits per heavy atom. The molecule has 0 fully saturated rings. The Kier molecular flexibility index (Phi) is 6.14. The largest absolute Gasteiger partial charge is 0.489 e. The van der Waals surface area contributed by atoms with Crippen molar-refractivity contribution in [2.45, 2.75) is 32.8 Å².